The number of H-pyrrole nitrogens is 1. The summed E-state index contributed by atoms with van der Waals surface area (Å²) in [5, 5.41) is 5.05. The van der Waals surface area contributed by atoms with E-state index in [2.05, 4.69) is 73.3 Å². The van der Waals surface area contributed by atoms with E-state index in [1.54, 1.807) is 0 Å². The highest BCUT2D eigenvalue weighted by Crippen LogP contribution is 2.47. The number of hydrogen-bond donors (Lipinski definition) is 1. The maximum Gasteiger partial charge on any atom is 0.0551 e. The molecule has 0 bridgehead atoms. The first-order valence-corrected chi connectivity index (χ1v) is 10.5. The fourth-order valence-corrected chi connectivity index (χ4v) is 5.86. The van der Waals surface area contributed by atoms with Crippen molar-refractivity contribution < 1.29 is 0 Å². The Hall–Kier alpha value is -3.36. The lowest BCUT2D eigenvalue weighted by atomic mass is 9.96. The fraction of sp³-hybridized carbons (Fsp3) is 0.0370. The molecule has 5 rings (SSSR count). The summed E-state index contributed by atoms with van der Waals surface area (Å²) in [6, 6.07) is 12.9. The maximum atomic E-state index is 4.12. The summed E-state index contributed by atoms with van der Waals surface area (Å²) in [4.78, 5) is 3.63. The van der Waals surface area contributed by atoms with Crippen LogP contribution in [0, 0.1) is 0 Å². The SMILES string of the molecule is C=Cc1c(C=C)c2sc3c(C=C)c(/C=C\C)ccc3c2c2c1[nH]c1ccccc12. The van der Waals surface area contributed by atoms with E-state index in [-0.39, 0.29) is 0 Å². The minimum Gasteiger partial charge on any atom is -0.354 e. The average molecular weight is 392 g/mol. The van der Waals surface area contributed by atoms with Crippen LogP contribution in [0.2, 0.25) is 0 Å². The van der Waals surface area contributed by atoms with Crippen LogP contribution in [-0.2, 0) is 0 Å². The van der Waals surface area contributed by atoms with Crippen LogP contribution in [0.3, 0.4) is 0 Å². The molecule has 0 unspecified atom stereocenters. The van der Waals surface area contributed by atoms with Gasteiger partial charge in [-0.1, -0.05) is 80.4 Å². The zero-order valence-corrected chi connectivity index (χ0v) is 17.2. The number of aromatic nitrogens is 1. The summed E-state index contributed by atoms with van der Waals surface area (Å²) in [6.45, 7) is 14.4. The first kappa shape index (κ1) is 17.7. The highest BCUT2D eigenvalue weighted by Gasteiger charge is 2.20. The van der Waals surface area contributed by atoms with E-state index in [9.17, 15) is 0 Å². The van der Waals surface area contributed by atoms with Crippen LogP contribution in [0.1, 0.15) is 29.2 Å². The lowest BCUT2D eigenvalue weighted by molar-refractivity contribution is 1.54. The molecule has 0 saturated carbocycles. The average Bonchev–Trinajstić information content (AvgIpc) is 3.30. The number of para-hydroxylation sites is 1. The molecule has 3 aromatic carbocycles. The first-order chi connectivity index (χ1) is 14.2. The monoisotopic (exact) mass is 391 g/mol. The molecular formula is C27H21NS. The molecule has 0 fully saturated rings. The van der Waals surface area contributed by atoms with E-state index < -0.39 is 0 Å². The number of nitrogens with one attached hydrogen (secondary N) is 1. The van der Waals surface area contributed by atoms with Crippen molar-refractivity contribution >= 4 is 77.6 Å². The molecule has 2 aromatic heterocycles. The van der Waals surface area contributed by atoms with Crippen molar-refractivity contribution in [2.45, 2.75) is 6.92 Å². The van der Waals surface area contributed by atoms with Gasteiger partial charge in [0.1, 0.15) is 0 Å². The van der Waals surface area contributed by atoms with E-state index in [0.717, 1.165) is 22.2 Å². The van der Waals surface area contributed by atoms with E-state index >= 15 is 0 Å². The minimum atomic E-state index is 1.11. The first-order valence-electron chi connectivity index (χ1n) is 9.69. The predicted molar refractivity (Wildman–Crippen MR) is 134 cm³/mol. The molecule has 0 radical (unpaired) electrons. The molecule has 140 valence electrons. The smallest absolute Gasteiger partial charge is 0.0551 e. The molecule has 2 heteroatoms. The number of fused-ring (bicyclic) bond motifs is 7. The lowest BCUT2D eigenvalue weighted by Gasteiger charge is -2.07. The molecule has 1 nitrogen and oxygen atoms in total. The Kier molecular flexibility index (Phi) is 4.04. The summed E-state index contributed by atoms with van der Waals surface area (Å²) in [6.07, 6.45) is 10.1. The van der Waals surface area contributed by atoms with Gasteiger partial charge >= 0.3 is 0 Å². The Labute approximate surface area is 174 Å². The van der Waals surface area contributed by atoms with Gasteiger partial charge in [0.05, 0.1) is 5.52 Å². The number of hydrogen-bond acceptors (Lipinski definition) is 1. The Morgan fingerprint density at radius 2 is 1.55 bits per heavy atom. The molecule has 0 saturated heterocycles. The second-order valence-electron chi connectivity index (χ2n) is 7.11. The van der Waals surface area contributed by atoms with Crippen molar-refractivity contribution in [3.8, 4) is 0 Å². The second kappa shape index (κ2) is 6.61. The van der Waals surface area contributed by atoms with Gasteiger partial charge in [-0.3, -0.25) is 0 Å². The highest BCUT2D eigenvalue weighted by molar-refractivity contribution is 7.26. The Morgan fingerprint density at radius 3 is 2.28 bits per heavy atom. The van der Waals surface area contributed by atoms with Gasteiger partial charge in [-0.15, -0.1) is 11.3 Å². The standard InChI is InChI=1S/C27H21NS/c1-5-11-16-14-15-21-24-23-20-12-9-10-13-22(20)28-25(23)18(7-3)19(8-4)27(24)29-26(21)17(16)6-2/h5-15,28H,2-4H2,1H3/b11-5-. The van der Waals surface area contributed by atoms with Gasteiger partial charge in [0.25, 0.3) is 0 Å². The normalized spacial score (nSPS) is 11.9. The molecule has 1 N–H and O–H groups in total. The molecule has 29 heavy (non-hydrogen) atoms. The number of benzene rings is 3. The van der Waals surface area contributed by atoms with Crippen LogP contribution in [0.5, 0.6) is 0 Å². The van der Waals surface area contributed by atoms with Gasteiger partial charge in [-0.25, -0.2) is 0 Å². The zero-order chi connectivity index (χ0) is 20.1. The minimum absolute atomic E-state index is 1.11. The van der Waals surface area contributed by atoms with Crippen LogP contribution in [0.15, 0.2) is 62.2 Å². The van der Waals surface area contributed by atoms with E-state index in [1.807, 2.05) is 36.5 Å². The third kappa shape index (κ3) is 2.33. The molecule has 5 aromatic rings. The van der Waals surface area contributed by atoms with E-state index in [0.29, 0.717) is 0 Å². The van der Waals surface area contributed by atoms with Crippen molar-refractivity contribution in [3.63, 3.8) is 0 Å². The summed E-state index contributed by atoms with van der Waals surface area (Å²) in [5.74, 6) is 0. The number of rotatable bonds is 4. The number of thiophene rings is 1. The summed E-state index contributed by atoms with van der Waals surface area (Å²) in [5.41, 5.74) is 6.89. The van der Waals surface area contributed by atoms with E-state index in [4.69, 9.17) is 0 Å². The van der Waals surface area contributed by atoms with Gasteiger partial charge < -0.3 is 4.98 Å². The Balaban J connectivity index is 2.14. The van der Waals surface area contributed by atoms with Crippen molar-refractivity contribution in [1.82, 2.24) is 4.98 Å². The van der Waals surface area contributed by atoms with Crippen molar-refractivity contribution in [2.75, 3.05) is 0 Å². The van der Waals surface area contributed by atoms with Crippen LogP contribution >= 0.6 is 11.3 Å². The zero-order valence-electron chi connectivity index (χ0n) is 16.4. The van der Waals surface area contributed by atoms with Gasteiger partial charge in [-0.05, 0) is 24.1 Å². The van der Waals surface area contributed by atoms with Crippen LogP contribution < -0.4 is 0 Å². The largest absolute Gasteiger partial charge is 0.354 e. The lowest BCUT2D eigenvalue weighted by Crippen LogP contribution is -1.85. The third-order valence-corrected chi connectivity index (χ3v) is 6.92. The van der Waals surface area contributed by atoms with E-state index in [1.165, 1.54) is 42.1 Å². The molecule has 0 spiro atoms. The Morgan fingerprint density at radius 1 is 0.793 bits per heavy atom. The number of allylic oxidation sites excluding steroid dienone is 1. The maximum absolute atomic E-state index is 4.12. The predicted octanol–water partition coefficient (Wildman–Crippen LogP) is 8.65. The van der Waals surface area contributed by atoms with Crippen molar-refractivity contribution in [3.05, 3.63) is 84.5 Å². The molecular weight excluding hydrogens is 370 g/mol. The molecule has 0 amide bonds. The van der Waals surface area contributed by atoms with Crippen molar-refractivity contribution in [2.24, 2.45) is 0 Å². The third-order valence-electron chi connectivity index (χ3n) is 5.65. The topological polar surface area (TPSA) is 15.8 Å². The van der Waals surface area contributed by atoms with Crippen molar-refractivity contribution in [1.29, 1.82) is 0 Å². The summed E-state index contributed by atoms with van der Waals surface area (Å²) >= 11 is 1.82. The Bertz CT molecular complexity index is 1500. The molecule has 0 atom stereocenters. The second-order valence-corrected chi connectivity index (χ2v) is 8.13. The molecule has 0 aliphatic rings. The van der Waals surface area contributed by atoms with Gasteiger partial charge in [-0.2, -0.15) is 0 Å². The summed E-state index contributed by atoms with van der Waals surface area (Å²) in [7, 11) is 0. The molecule has 0 aliphatic carbocycles. The summed E-state index contributed by atoms with van der Waals surface area (Å²) < 4.78 is 2.52. The number of aromatic amines is 1. The van der Waals surface area contributed by atoms with Gasteiger partial charge in [0.2, 0.25) is 0 Å². The van der Waals surface area contributed by atoms with Crippen LogP contribution in [-0.4, -0.2) is 4.98 Å². The highest BCUT2D eigenvalue weighted by atomic mass is 32.1. The van der Waals surface area contributed by atoms with Crippen LogP contribution in [0.25, 0.3) is 66.3 Å². The van der Waals surface area contributed by atoms with Gasteiger partial charge in [0, 0.05) is 47.6 Å². The quantitative estimate of drug-likeness (QED) is 0.315. The molecule has 0 aliphatic heterocycles. The molecule has 2 heterocycles. The fourth-order valence-electron chi connectivity index (χ4n) is 4.45. The van der Waals surface area contributed by atoms with Crippen LogP contribution in [0.4, 0.5) is 0 Å². The van der Waals surface area contributed by atoms with Gasteiger partial charge in [0.15, 0.2) is 0 Å².